The van der Waals surface area contributed by atoms with E-state index in [1.54, 1.807) is 18.2 Å². The molecule has 2 aliphatic rings. The molecule has 0 saturated carbocycles. The van der Waals surface area contributed by atoms with Gasteiger partial charge in [0.15, 0.2) is 0 Å². The van der Waals surface area contributed by atoms with Gasteiger partial charge in [-0.2, -0.15) is 10.5 Å². The monoisotopic (exact) mass is 444 g/mol. The maximum absolute atomic E-state index is 11.1. The number of nitrogens with one attached hydrogen (secondary N) is 1. The molecule has 2 aromatic carbocycles. The highest BCUT2D eigenvalue weighted by molar-refractivity contribution is 5.81. The zero-order chi connectivity index (χ0) is 23.4. The van der Waals surface area contributed by atoms with E-state index in [0.29, 0.717) is 35.9 Å². The van der Waals surface area contributed by atoms with Crippen molar-refractivity contribution in [3.8, 4) is 18.0 Å². The van der Waals surface area contributed by atoms with Crippen LogP contribution in [0.25, 0.3) is 0 Å². The van der Waals surface area contributed by atoms with Gasteiger partial charge in [-0.3, -0.25) is 4.90 Å². The SMILES string of the molecule is CC1(C)Oc2ccc(C#N)cc2[C@@H](NC(=NC#N)N2CCN(Cc3ccccc3)CC2)[C@@H]1O. The Morgan fingerprint density at radius 2 is 1.88 bits per heavy atom. The van der Waals surface area contributed by atoms with Crippen molar-refractivity contribution in [1.29, 1.82) is 10.5 Å². The summed E-state index contributed by atoms with van der Waals surface area (Å²) in [5.41, 5.74) is 1.57. The predicted molar refractivity (Wildman–Crippen MR) is 124 cm³/mol. The molecule has 2 N–H and O–H groups in total. The summed E-state index contributed by atoms with van der Waals surface area (Å²) in [4.78, 5) is 8.46. The fourth-order valence-electron chi connectivity index (χ4n) is 4.37. The number of ether oxygens (including phenoxy) is 1. The Hall–Kier alpha value is -3.59. The summed E-state index contributed by atoms with van der Waals surface area (Å²) >= 11 is 0. The standard InChI is InChI=1S/C25H28N6O2/c1-25(2)23(32)22(20-14-19(15-26)8-9-21(20)33-25)29-24(28-17-27)31-12-10-30(11-13-31)16-18-6-4-3-5-7-18/h3-9,14,22-23,32H,10-13,16H2,1-2H3,(H,28,29)/t22-,23+/m1/s1. The third-order valence-corrected chi connectivity index (χ3v) is 6.24. The van der Waals surface area contributed by atoms with Crippen molar-refractivity contribution in [2.75, 3.05) is 26.2 Å². The van der Waals surface area contributed by atoms with Crippen LogP contribution >= 0.6 is 0 Å². The van der Waals surface area contributed by atoms with Gasteiger partial charge in [-0.05, 0) is 37.6 Å². The minimum Gasteiger partial charge on any atom is -0.485 e. The lowest BCUT2D eigenvalue weighted by atomic mass is 9.86. The molecule has 0 amide bonds. The number of guanidine groups is 1. The van der Waals surface area contributed by atoms with Crippen LogP contribution in [-0.4, -0.2) is 58.7 Å². The molecule has 0 bridgehead atoms. The zero-order valence-electron chi connectivity index (χ0n) is 18.9. The molecule has 8 heteroatoms. The number of benzene rings is 2. The van der Waals surface area contributed by atoms with Gasteiger partial charge in [-0.15, -0.1) is 4.99 Å². The lowest BCUT2D eigenvalue weighted by molar-refractivity contribution is -0.0616. The topological polar surface area (TPSA) is 108 Å². The molecule has 2 aromatic rings. The number of rotatable bonds is 3. The van der Waals surface area contributed by atoms with E-state index in [-0.39, 0.29) is 0 Å². The molecular formula is C25H28N6O2. The molecule has 2 aliphatic heterocycles. The van der Waals surface area contributed by atoms with Crippen molar-refractivity contribution in [1.82, 2.24) is 15.1 Å². The van der Waals surface area contributed by atoms with Gasteiger partial charge in [-0.1, -0.05) is 30.3 Å². The minimum absolute atomic E-state index is 0.423. The van der Waals surface area contributed by atoms with Gasteiger partial charge in [-0.25, -0.2) is 0 Å². The van der Waals surface area contributed by atoms with E-state index in [1.165, 1.54) is 5.56 Å². The normalized spacial score (nSPS) is 22.5. The molecule has 0 aromatic heterocycles. The minimum atomic E-state index is -0.915. The number of nitriles is 2. The molecule has 2 atom stereocenters. The molecule has 0 spiro atoms. The van der Waals surface area contributed by atoms with Crippen molar-refractivity contribution >= 4 is 5.96 Å². The summed E-state index contributed by atoms with van der Waals surface area (Å²) < 4.78 is 5.99. The maximum atomic E-state index is 11.1. The van der Waals surface area contributed by atoms with E-state index in [2.05, 4.69) is 33.4 Å². The van der Waals surface area contributed by atoms with Crippen LogP contribution < -0.4 is 10.1 Å². The summed E-state index contributed by atoms with van der Waals surface area (Å²) in [6.45, 7) is 7.58. The van der Waals surface area contributed by atoms with Crippen LogP contribution in [0.1, 0.15) is 36.6 Å². The van der Waals surface area contributed by atoms with Gasteiger partial charge >= 0.3 is 0 Å². The van der Waals surface area contributed by atoms with Crippen LogP contribution in [0.15, 0.2) is 53.5 Å². The lowest BCUT2D eigenvalue weighted by Gasteiger charge is -2.44. The van der Waals surface area contributed by atoms with Gasteiger partial charge in [0.2, 0.25) is 12.2 Å². The molecule has 0 radical (unpaired) electrons. The number of hydrogen-bond donors (Lipinski definition) is 2. The second-order valence-electron chi connectivity index (χ2n) is 8.92. The van der Waals surface area contributed by atoms with Crippen LogP contribution in [-0.2, 0) is 6.54 Å². The van der Waals surface area contributed by atoms with Gasteiger partial charge in [0.25, 0.3) is 0 Å². The molecule has 33 heavy (non-hydrogen) atoms. The average molecular weight is 445 g/mol. The first kappa shape index (κ1) is 22.6. The molecule has 170 valence electrons. The van der Waals surface area contributed by atoms with Crippen molar-refractivity contribution in [3.05, 3.63) is 65.2 Å². The van der Waals surface area contributed by atoms with Crippen LogP contribution in [0, 0.1) is 22.8 Å². The van der Waals surface area contributed by atoms with Crippen molar-refractivity contribution in [3.63, 3.8) is 0 Å². The predicted octanol–water partition coefficient (Wildman–Crippen LogP) is 2.38. The van der Waals surface area contributed by atoms with E-state index >= 15 is 0 Å². The van der Waals surface area contributed by atoms with Gasteiger partial charge in [0, 0.05) is 38.3 Å². The number of fused-ring (bicyclic) bond motifs is 1. The van der Waals surface area contributed by atoms with E-state index in [1.807, 2.05) is 43.1 Å². The third-order valence-electron chi connectivity index (χ3n) is 6.24. The Labute approximate surface area is 194 Å². The number of piperazine rings is 1. The van der Waals surface area contributed by atoms with E-state index in [9.17, 15) is 15.6 Å². The first-order valence-electron chi connectivity index (χ1n) is 11.1. The average Bonchev–Trinajstić information content (AvgIpc) is 2.82. The zero-order valence-corrected chi connectivity index (χ0v) is 18.9. The molecule has 8 nitrogen and oxygen atoms in total. The molecular weight excluding hydrogens is 416 g/mol. The Kier molecular flexibility index (Phi) is 6.50. The van der Waals surface area contributed by atoms with Crippen LogP contribution in [0.4, 0.5) is 0 Å². The van der Waals surface area contributed by atoms with E-state index in [4.69, 9.17) is 4.74 Å². The maximum Gasteiger partial charge on any atom is 0.210 e. The Morgan fingerprint density at radius 1 is 1.15 bits per heavy atom. The summed E-state index contributed by atoms with van der Waals surface area (Å²) in [5, 5.41) is 33.1. The first-order chi connectivity index (χ1) is 15.9. The fraction of sp³-hybridized carbons (Fsp3) is 0.400. The van der Waals surface area contributed by atoms with Crippen LogP contribution in [0.2, 0.25) is 0 Å². The molecule has 1 saturated heterocycles. The van der Waals surface area contributed by atoms with E-state index < -0.39 is 17.7 Å². The van der Waals surface area contributed by atoms with E-state index in [0.717, 1.165) is 19.6 Å². The molecule has 0 aliphatic carbocycles. The van der Waals surface area contributed by atoms with Crippen molar-refractivity contribution in [2.24, 2.45) is 4.99 Å². The van der Waals surface area contributed by atoms with Gasteiger partial charge < -0.3 is 20.1 Å². The Bertz CT molecular complexity index is 1090. The highest BCUT2D eigenvalue weighted by Gasteiger charge is 2.44. The second kappa shape index (κ2) is 9.50. The van der Waals surface area contributed by atoms with Crippen molar-refractivity contribution in [2.45, 2.75) is 38.1 Å². The van der Waals surface area contributed by atoms with Gasteiger partial charge in [0.1, 0.15) is 17.5 Å². The summed E-state index contributed by atoms with van der Waals surface area (Å²) in [6.07, 6.45) is 0.978. The number of aliphatic hydroxyl groups is 1. The first-order valence-corrected chi connectivity index (χ1v) is 11.1. The Morgan fingerprint density at radius 3 is 2.55 bits per heavy atom. The summed E-state index contributed by atoms with van der Waals surface area (Å²) in [5.74, 6) is 1.03. The highest BCUT2D eigenvalue weighted by atomic mass is 16.5. The smallest absolute Gasteiger partial charge is 0.210 e. The molecule has 4 rings (SSSR count). The number of hydrogen-bond acceptors (Lipinski definition) is 6. The largest absolute Gasteiger partial charge is 0.485 e. The molecule has 0 unspecified atom stereocenters. The summed E-state index contributed by atoms with van der Waals surface area (Å²) in [7, 11) is 0. The lowest BCUT2D eigenvalue weighted by Crippen LogP contribution is -2.57. The molecule has 2 heterocycles. The van der Waals surface area contributed by atoms with Crippen molar-refractivity contribution < 1.29 is 9.84 Å². The van der Waals surface area contributed by atoms with Crippen LogP contribution in [0.3, 0.4) is 0 Å². The van der Waals surface area contributed by atoms with Gasteiger partial charge in [0.05, 0.1) is 17.7 Å². The Balaban J connectivity index is 1.51. The second-order valence-corrected chi connectivity index (χ2v) is 8.92. The quantitative estimate of drug-likeness (QED) is 0.425. The fourth-order valence-corrected chi connectivity index (χ4v) is 4.37. The number of nitrogens with zero attached hydrogens (tertiary/aromatic N) is 5. The van der Waals surface area contributed by atoms with Crippen LogP contribution in [0.5, 0.6) is 5.75 Å². The molecule has 1 fully saturated rings. The number of aliphatic hydroxyl groups excluding tert-OH is 1. The number of aliphatic imine (C=N–C) groups is 1. The highest BCUT2D eigenvalue weighted by Crippen LogP contribution is 2.40. The third kappa shape index (κ3) is 4.93. The summed E-state index contributed by atoms with van der Waals surface area (Å²) in [6, 6.07) is 17.1.